The molecule has 66 valence electrons. The van der Waals surface area contributed by atoms with Crippen molar-refractivity contribution < 1.29 is 10.0 Å². The fourth-order valence-corrected chi connectivity index (χ4v) is 1.16. The standard InChI is InChI=1S/C7H11N3O2/c1-4-6(7(11)9-12)5(2)10(3)8-4/h12H,1-3H3,(H,9,11). The molecule has 0 radical (unpaired) electrons. The van der Waals surface area contributed by atoms with E-state index < -0.39 is 5.91 Å². The summed E-state index contributed by atoms with van der Waals surface area (Å²) in [5.41, 5.74) is 3.36. The van der Waals surface area contributed by atoms with Gasteiger partial charge in [-0.05, 0) is 13.8 Å². The number of rotatable bonds is 1. The predicted octanol–water partition coefficient (Wildman–Crippen LogP) is 0.156. The number of aromatic nitrogens is 2. The molecule has 0 aromatic carbocycles. The predicted molar refractivity (Wildman–Crippen MR) is 41.9 cm³/mol. The van der Waals surface area contributed by atoms with Crippen LogP contribution >= 0.6 is 0 Å². The van der Waals surface area contributed by atoms with Gasteiger partial charge < -0.3 is 0 Å². The van der Waals surface area contributed by atoms with Gasteiger partial charge in [-0.1, -0.05) is 0 Å². The Hall–Kier alpha value is -1.36. The number of nitrogens with one attached hydrogen (secondary N) is 1. The van der Waals surface area contributed by atoms with Gasteiger partial charge in [-0.25, -0.2) is 5.48 Å². The molecule has 1 aromatic heterocycles. The van der Waals surface area contributed by atoms with E-state index >= 15 is 0 Å². The van der Waals surface area contributed by atoms with Crippen LogP contribution in [0.25, 0.3) is 0 Å². The van der Waals surface area contributed by atoms with Gasteiger partial charge in [0.25, 0.3) is 5.91 Å². The Labute approximate surface area is 70.0 Å². The lowest BCUT2D eigenvalue weighted by molar-refractivity contribution is 0.0705. The van der Waals surface area contributed by atoms with Crippen LogP contribution in [0.3, 0.4) is 0 Å². The minimum absolute atomic E-state index is 0.431. The molecule has 1 aromatic rings. The van der Waals surface area contributed by atoms with E-state index in [-0.39, 0.29) is 0 Å². The third kappa shape index (κ3) is 1.18. The highest BCUT2D eigenvalue weighted by molar-refractivity contribution is 5.95. The van der Waals surface area contributed by atoms with Crippen molar-refractivity contribution in [1.82, 2.24) is 15.3 Å². The van der Waals surface area contributed by atoms with E-state index in [1.54, 1.807) is 31.1 Å². The molecule has 5 heteroatoms. The average Bonchev–Trinajstić information content (AvgIpc) is 2.26. The Bertz CT molecular complexity index is 317. The Balaban J connectivity index is 3.22. The first-order valence-corrected chi connectivity index (χ1v) is 3.52. The normalized spacial score (nSPS) is 10.0. The third-order valence-corrected chi connectivity index (χ3v) is 1.84. The topological polar surface area (TPSA) is 67.2 Å². The second-order valence-electron chi connectivity index (χ2n) is 2.61. The first-order valence-electron chi connectivity index (χ1n) is 3.52. The van der Waals surface area contributed by atoms with Crippen molar-refractivity contribution in [2.75, 3.05) is 0 Å². The highest BCUT2D eigenvalue weighted by atomic mass is 16.5. The molecule has 0 saturated carbocycles. The number of carbonyl (C=O) groups is 1. The van der Waals surface area contributed by atoms with E-state index in [0.29, 0.717) is 11.3 Å². The van der Waals surface area contributed by atoms with Crippen molar-refractivity contribution in [3.63, 3.8) is 0 Å². The van der Waals surface area contributed by atoms with Crippen molar-refractivity contribution in [3.8, 4) is 0 Å². The molecule has 0 spiro atoms. The van der Waals surface area contributed by atoms with E-state index in [1.807, 2.05) is 0 Å². The summed E-state index contributed by atoms with van der Waals surface area (Å²) in [5.74, 6) is -0.516. The van der Waals surface area contributed by atoms with E-state index in [9.17, 15) is 4.79 Å². The van der Waals surface area contributed by atoms with Crippen LogP contribution in [0.4, 0.5) is 0 Å². The number of hydrogen-bond acceptors (Lipinski definition) is 3. The largest absolute Gasteiger partial charge is 0.288 e. The molecule has 5 nitrogen and oxygen atoms in total. The van der Waals surface area contributed by atoms with Crippen molar-refractivity contribution in [1.29, 1.82) is 0 Å². The van der Waals surface area contributed by atoms with Crippen LogP contribution in [0.15, 0.2) is 0 Å². The molecule has 12 heavy (non-hydrogen) atoms. The first kappa shape index (κ1) is 8.73. The summed E-state index contributed by atoms with van der Waals surface area (Å²) in [6.07, 6.45) is 0. The maximum atomic E-state index is 11.1. The van der Waals surface area contributed by atoms with Crippen LogP contribution in [-0.2, 0) is 7.05 Å². The average molecular weight is 169 g/mol. The Kier molecular flexibility index (Phi) is 2.14. The molecule has 0 atom stereocenters. The zero-order valence-electron chi connectivity index (χ0n) is 7.25. The number of carbonyl (C=O) groups excluding carboxylic acids is 1. The SMILES string of the molecule is Cc1nn(C)c(C)c1C(=O)NO. The summed E-state index contributed by atoms with van der Waals surface area (Å²) in [6, 6.07) is 0. The van der Waals surface area contributed by atoms with E-state index in [0.717, 1.165) is 5.69 Å². The minimum atomic E-state index is -0.516. The molecule has 1 rings (SSSR count). The number of amides is 1. The quantitative estimate of drug-likeness (QED) is 0.464. The third-order valence-electron chi connectivity index (χ3n) is 1.84. The van der Waals surface area contributed by atoms with E-state index in [1.165, 1.54) is 0 Å². The zero-order chi connectivity index (χ0) is 9.30. The van der Waals surface area contributed by atoms with Gasteiger partial charge in [-0.3, -0.25) is 14.7 Å². The van der Waals surface area contributed by atoms with Gasteiger partial charge in [0.05, 0.1) is 11.3 Å². The van der Waals surface area contributed by atoms with Crippen LogP contribution < -0.4 is 5.48 Å². The van der Waals surface area contributed by atoms with Crippen molar-refractivity contribution in [3.05, 3.63) is 17.0 Å². The molecular weight excluding hydrogens is 158 g/mol. The maximum Gasteiger partial charge on any atom is 0.278 e. The smallest absolute Gasteiger partial charge is 0.278 e. The van der Waals surface area contributed by atoms with Crippen LogP contribution in [0.1, 0.15) is 21.7 Å². The monoisotopic (exact) mass is 169 g/mol. The second kappa shape index (κ2) is 2.94. The first-order chi connectivity index (χ1) is 5.57. The molecule has 2 N–H and O–H groups in total. The van der Waals surface area contributed by atoms with Crippen molar-refractivity contribution in [2.24, 2.45) is 7.05 Å². The van der Waals surface area contributed by atoms with Gasteiger partial charge >= 0.3 is 0 Å². The van der Waals surface area contributed by atoms with Gasteiger partial charge in [0, 0.05) is 12.7 Å². The van der Waals surface area contributed by atoms with Crippen LogP contribution in [0, 0.1) is 13.8 Å². The van der Waals surface area contributed by atoms with E-state index in [2.05, 4.69) is 5.10 Å². The molecule has 0 aliphatic carbocycles. The molecular formula is C7H11N3O2. The molecule has 1 amide bonds. The molecule has 0 unspecified atom stereocenters. The highest BCUT2D eigenvalue weighted by Gasteiger charge is 2.15. The molecule has 0 saturated heterocycles. The Morgan fingerprint density at radius 1 is 1.58 bits per heavy atom. The summed E-state index contributed by atoms with van der Waals surface area (Å²) in [6.45, 7) is 3.49. The van der Waals surface area contributed by atoms with Gasteiger partial charge in [0.15, 0.2) is 0 Å². The number of nitrogens with zero attached hydrogens (tertiary/aromatic N) is 2. The molecule has 0 fully saturated rings. The number of aryl methyl sites for hydroxylation is 2. The van der Waals surface area contributed by atoms with Gasteiger partial charge in [0.2, 0.25) is 0 Å². The minimum Gasteiger partial charge on any atom is -0.288 e. The fraction of sp³-hybridized carbons (Fsp3) is 0.429. The summed E-state index contributed by atoms with van der Waals surface area (Å²) in [4.78, 5) is 11.1. The van der Waals surface area contributed by atoms with Crippen LogP contribution in [-0.4, -0.2) is 20.9 Å². The lowest BCUT2D eigenvalue weighted by Gasteiger charge is -1.97. The lowest BCUT2D eigenvalue weighted by atomic mass is 10.2. The maximum absolute atomic E-state index is 11.1. The summed E-state index contributed by atoms with van der Waals surface area (Å²) in [7, 11) is 1.75. The van der Waals surface area contributed by atoms with Gasteiger partial charge in [-0.15, -0.1) is 0 Å². The van der Waals surface area contributed by atoms with Crippen molar-refractivity contribution in [2.45, 2.75) is 13.8 Å². The molecule has 0 aliphatic rings. The van der Waals surface area contributed by atoms with Gasteiger partial charge in [-0.2, -0.15) is 5.10 Å². The zero-order valence-corrected chi connectivity index (χ0v) is 7.25. The van der Waals surface area contributed by atoms with Crippen LogP contribution in [0.5, 0.6) is 0 Å². The number of hydroxylamine groups is 1. The molecule has 0 aliphatic heterocycles. The Morgan fingerprint density at radius 3 is 2.50 bits per heavy atom. The fourth-order valence-electron chi connectivity index (χ4n) is 1.16. The summed E-state index contributed by atoms with van der Waals surface area (Å²) >= 11 is 0. The van der Waals surface area contributed by atoms with Gasteiger partial charge in [0.1, 0.15) is 0 Å². The molecule has 0 bridgehead atoms. The number of hydrogen-bond donors (Lipinski definition) is 2. The highest BCUT2D eigenvalue weighted by Crippen LogP contribution is 2.10. The second-order valence-corrected chi connectivity index (χ2v) is 2.61. The summed E-state index contributed by atoms with van der Waals surface area (Å²) in [5, 5.41) is 12.4. The molecule has 1 heterocycles. The Morgan fingerprint density at radius 2 is 2.17 bits per heavy atom. The lowest BCUT2D eigenvalue weighted by Crippen LogP contribution is -2.20. The van der Waals surface area contributed by atoms with Crippen LogP contribution in [0.2, 0.25) is 0 Å². The summed E-state index contributed by atoms with van der Waals surface area (Å²) < 4.78 is 1.60. The van der Waals surface area contributed by atoms with Crippen molar-refractivity contribution >= 4 is 5.91 Å². The van der Waals surface area contributed by atoms with E-state index in [4.69, 9.17) is 5.21 Å².